The molecule has 0 bridgehead atoms. The maximum Gasteiger partial charge on any atom is 0.130 e. The minimum absolute atomic E-state index is 0.148. The molecule has 23 heavy (non-hydrogen) atoms. The Bertz CT molecular complexity index is 746. The van der Waals surface area contributed by atoms with Gasteiger partial charge in [-0.2, -0.15) is 0 Å². The molecule has 0 aromatic heterocycles. The summed E-state index contributed by atoms with van der Waals surface area (Å²) in [6.07, 6.45) is 2.35. The summed E-state index contributed by atoms with van der Waals surface area (Å²) in [6.45, 7) is 8.47. The molecule has 0 amide bonds. The van der Waals surface area contributed by atoms with Crippen LogP contribution in [0, 0.1) is 12.7 Å². The molecule has 1 unspecified atom stereocenters. The van der Waals surface area contributed by atoms with Crippen LogP contribution in [-0.2, 0) is 6.42 Å². The van der Waals surface area contributed by atoms with Crippen LogP contribution < -0.4 is 4.74 Å². The van der Waals surface area contributed by atoms with Crippen LogP contribution in [0.1, 0.15) is 61.3 Å². The van der Waals surface area contributed by atoms with Gasteiger partial charge in [0.25, 0.3) is 0 Å². The molecule has 0 fully saturated rings. The average molecular weight is 312 g/mol. The van der Waals surface area contributed by atoms with Crippen LogP contribution in [0.15, 0.2) is 24.3 Å². The smallest absolute Gasteiger partial charge is 0.130 e. The van der Waals surface area contributed by atoms with Crippen molar-refractivity contribution < 1.29 is 9.13 Å². The van der Waals surface area contributed by atoms with E-state index >= 15 is 0 Å². The molecule has 0 N–H and O–H groups in total. The Balaban J connectivity index is 2.20. The van der Waals surface area contributed by atoms with Gasteiger partial charge >= 0.3 is 0 Å². The van der Waals surface area contributed by atoms with Crippen LogP contribution in [0.2, 0.25) is 0 Å². The lowest BCUT2D eigenvalue weighted by atomic mass is 9.90. The second kappa shape index (κ2) is 5.99. The van der Waals surface area contributed by atoms with Gasteiger partial charge in [0.05, 0.1) is 7.11 Å². The van der Waals surface area contributed by atoms with Crippen molar-refractivity contribution in [1.29, 1.82) is 0 Å². The molecule has 0 aliphatic heterocycles. The van der Waals surface area contributed by atoms with Crippen molar-refractivity contribution in [3.63, 3.8) is 0 Å². The number of methoxy groups -OCH3 is 1. The minimum atomic E-state index is -0.187. The average Bonchev–Trinajstić information content (AvgIpc) is 2.86. The van der Waals surface area contributed by atoms with E-state index in [1.807, 2.05) is 19.9 Å². The molecule has 2 heteroatoms. The molecular formula is C21H25FO. The topological polar surface area (TPSA) is 9.23 Å². The van der Waals surface area contributed by atoms with Crippen LogP contribution >= 0.6 is 0 Å². The van der Waals surface area contributed by atoms with Crippen LogP contribution in [0.25, 0.3) is 11.1 Å². The maximum absolute atomic E-state index is 14.3. The van der Waals surface area contributed by atoms with Crippen molar-refractivity contribution in [2.75, 3.05) is 7.11 Å². The number of benzene rings is 2. The zero-order valence-corrected chi connectivity index (χ0v) is 14.7. The first-order chi connectivity index (χ1) is 10.9. The van der Waals surface area contributed by atoms with E-state index in [2.05, 4.69) is 26.0 Å². The number of hydrogen-bond acceptors (Lipinski definition) is 1. The summed E-state index contributed by atoms with van der Waals surface area (Å²) in [6, 6.07) is 8.08. The van der Waals surface area contributed by atoms with Gasteiger partial charge in [-0.1, -0.05) is 32.9 Å². The SMILES string of the molecule is COc1cc(F)c(C(C)C)cc1-c1cc2c(cc1C)C(C)CC2. The second-order valence-corrected chi connectivity index (χ2v) is 7.03. The molecule has 2 aromatic carbocycles. The Kier molecular flexibility index (Phi) is 4.18. The number of hydrogen-bond donors (Lipinski definition) is 0. The van der Waals surface area contributed by atoms with Crippen LogP contribution in [0.4, 0.5) is 4.39 Å². The van der Waals surface area contributed by atoms with E-state index in [9.17, 15) is 4.39 Å². The fraction of sp³-hybridized carbons (Fsp3) is 0.429. The van der Waals surface area contributed by atoms with Gasteiger partial charge < -0.3 is 4.74 Å². The highest BCUT2D eigenvalue weighted by Gasteiger charge is 2.22. The standard InChI is InChI=1S/C21H25FO/c1-12(2)16-10-19(21(23-5)11-20(16)22)18-9-15-7-6-13(3)17(15)8-14(18)4/h8-13H,6-7H2,1-5H3. The molecule has 1 aliphatic carbocycles. The number of halogens is 1. The third-order valence-corrected chi connectivity index (χ3v) is 5.09. The van der Waals surface area contributed by atoms with Gasteiger partial charge in [0.1, 0.15) is 11.6 Å². The van der Waals surface area contributed by atoms with E-state index in [0.717, 1.165) is 23.1 Å². The lowest BCUT2D eigenvalue weighted by Crippen LogP contribution is -1.99. The predicted molar refractivity (Wildman–Crippen MR) is 94.0 cm³/mol. The molecule has 1 nitrogen and oxygen atoms in total. The third kappa shape index (κ3) is 2.75. The van der Waals surface area contributed by atoms with E-state index in [4.69, 9.17) is 4.74 Å². The monoisotopic (exact) mass is 312 g/mol. The van der Waals surface area contributed by atoms with Gasteiger partial charge in [0.15, 0.2) is 0 Å². The first-order valence-electron chi connectivity index (χ1n) is 8.43. The van der Waals surface area contributed by atoms with Crippen molar-refractivity contribution in [2.45, 2.75) is 52.4 Å². The Morgan fingerprint density at radius 1 is 1.13 bits per heavy atom. The fourth-order valence-corrected chi connectivity index (χ4v) is 3.66. The predicted octanol–water partition coefficient (Wildman–Crippen LogP) is 5.98. The molecule has 1 atom stereocenters. The van der Waals surface area contributed by atoms with Crippen molar-refractivity contribution in [3.05, 3.63) is 52.3 Å². The summed E-state index contributed by atoms with van der Waals surface area (Å²) in [4.78, 5) is 0. The fourth-order valence-electron chi connectivity index (χ4n) is 3.66. The molecule has 0 saturated carbocycles. The van der Waals surface area contributed by atoms with Gasteiger partial charge in [0.2, 0.25) is 0 Å². The van der Waals surface area contributed by atoms with Crippen molar-refractivity contribution in [1.82, 2.24) is 0 Å². The molecule has 122 valence electrons. The Labute approximate surface area is 138 Å². The largest absolute Gasteiger partial charge is 0.496 e. The molecule has 0 heterocycles. The van der Waals surface area contributed by atoms with E-state index in [0.29, 0.717) is 11.7 Å². The first kappa shape index (κ1) is 16.0. The highest BCUT2D eigenvalue weighted by atomic mass is 19.1. The van der Waals surface area contributed by atoms with Crippen molar-refractivity contribution >= 4 is 0 Å². The lowest BCUT2D eigenvalue weighted by molar-refractivity contribution is 0.412. The Morgan fingerprint density at radius 2 is 1.87 bits per heavy atom. The summed E-state index contributed by atoms with van der Waals surface area (Å²) in [5, 5.41) is 0. The quantitative estimate of drug-likeness (QED) is 0.677. The van der Waals surface area contributed by atoms with Crippen molar-refractivity contribution in [3.8, 4) is 16.9 Å². The van der Waals surface area contributed by atoms with Crippen LogP contribution in [0.3, 0.4) is 0 Å². The van der Waals surface area contributed by atoms with Crippen LogP contribution in [-0.4, -0.2) is 7.11 Å². The van der Waals surface area contributed by atoms with E-state index in [-0.39, 0.29) is 11.7 Å². The summed E-state index contributed by atoms with van der Waals surface area (Å²) < 4.78 is 19.7. The van der Waals surface area contributed by atoms with Gasteiger partial charge in [0, 0.05) is 11.6 Å². The molecule has 0 saturated heterocycles. The minimum Gasteiger partial charge on any atom is -0.496 e. The molecular weight excluding hydrogens is 287 g/mol. The maximum atomic E-state index is 14.3. The highest BCUT2D eigenvalue weighted by Crippen LogP contribution is 2.41. The van der Waals surface area contributed by atoms with Gasteiger partial charge in [-0.15, -0.1) is 0 Å². The zero-order chi connectivity index (χ0) is 16.7. The molecule has 2 aromatic rings. The van der Waals surface area contributed by atoms with Crippen molar-refractivity contribution in [2.24, 2.45) is 0 Å². The summed E-state index contributed by atoms with van der Waals surface area (Å²) in [5.41, 5.74) is 7.03. The van der Waals surface area contributed by atoms with Gasteiger partial charge in [-0.3, -0.25) is 0 Å². The molecule has 0 radical (unpaired) electrons. The van der Waals surface area contributed by atoms with Gasteiger partial charge in [-0.05, 0) is 65.5 Å². The van der Waals surface area contributed by atoms with Gasteiger partial charge in [-0.25, -0.2) is 4.39 Å². The van der Waals surface area contributed by atoms with E-state index in [1.165, 1.54) is 29.2 Å². The zero-order valence-electron chi connectivity index (χ0n) is 14.7. The molecule has 1 aliphatic rings. The number of ether oxygens (including phenoxy) is 1. The number of fused-ring (bicyclic) bond motifs is 1. The third-order valence-electron chi connectivity index (χ3n) is 5.09. The Hall–Kier alpha value is -1.83. The summed E-state index contributed by atoms with van der Waals surface area (Å²) >= 11 is 0. The Morgan fingerprint density at radius 3 is 2.52 bits per heavy atom. The number of aryl methyl sites for hydroxylation is 2. The summed E-state index contributed by atoms with van der Waals surface area (Å²) in [5.74, 6) is 1.21. The van der Waals surface area contributed by atoms with E-state index < -0.39 is 0 Å². The lowest BCUT2D eigenvalue weighted by Gasteiger charge is -2.17. The summed E-state index contributed by atoms with van der Waals surface area (Å²) in [7, 11) is 1.61. The van der Waals surface area contributed by atoms with E-state index in [1.54, 1.807) is 7.11 Å². The van der Waals surface area contributed by atoms with Crippen LogP contribution in [0.5, 0.6) is 5.75 Å². The number of rotatable bonds is 3. The highest BCUT2D eigenvalue weighted by molar-refractivity contribution is 5.75. The second-order valence-electron chi connectivity index (χ2n) is 7.03. The normalized spacial score (nSPS) is 16.7. The molecule has 0 spiro atoms. The molecule has 3 rings (SSSR count). The first-order valence-corrected chi connectivity index (χ1v) is 8.43.